The van der Waals surface area contributed by atoms with E-state index in [2.05, 4.69) is 9.97 Å². The predicted octanol–water partition coefficient (Wildman–Crippen LogP) is 1.20. The lowest BCUT2D eigenvalue weighted by Crippen LogP contribution is -2.51. The minimum absolute atomic E-state index is 0.0771. The van der Waals surface area contributed by atoms with Gasteiger partial charge in [-0.25, -0.2) is 13.4 Å². The summed E-state index contributed by atoms with van der Waals surface area (Å²) in [6.45, 7) is 1.91. The lowest BCUT2D eigenvalue weighted by molar-refractivity contribution is -0.0253. The van der Waals surface area contributed by atoms with Crippen molar-refractivity contribution in [3.63, 3.8) is 0 Å². The van der Waals surface area contributed by atoms with Crippen LogP contribution in [-0.2, 0) is 33.2 Å². The van der Waals surface area contributed by atoms with Crippen molar-refractivity contribution in [2.24, 2.45) is 13.0 Å². The highest BCUT2D eigenvalue weighted by Crippen LogP contribution is 2.37. The summed E-state index contributed by atoms with van der Waals surface area (Å²) in [6.07, 6.45) is 8.03. The maximum Gasteiger partial charge on any atom is 0.262 e. The molecule has 1 saturated carbocycles. The lowest BCUT2D eigenvalue weighted by Gasteiger charge is -2.35. The van der Waals surface area contributed by atoms with Crippen LogP contribution in [0, 0.1) is 5.92 Å². The number of aryl methyl sites for hydroxylation is 1. The zero-order chi connectivity index (χ0) is 18.9. The zero-order valence-corrected chi connectivity index (χ0v) is 16.1. The van der Waals surface area contributed by atoms with E-state index in [1.165, 1.54) is 6.33 Å². The molecule has 0 amide bonds. The number of fused-ring (bicyclic) bond motifs is 1. The first-order chi connectivity index (χ1) is 13.0. The molecule has 1 aliphatic carbocycles. The van der Waals surface area contributed by atoms with Crippen molar-refractivity contribution in [3.05, 3.63) is 42.6 Å². The quantitative estimate of drug-likeness (QED) is 0.734. The Labute approximate surface area is 159 Å². The molecule has 4 rings (SSSR count). The molecule has 0 N–H and O–H groups in total. The summed E-state index contributed by atoms with van der Waals surface area (Å²) in [4.78, 5) is 8.04. The third-order valence-electron chi connectivity index (χ3n) is 5.21. The minimum atomic E-state index is -3.61. The highest BCUT2D eigenvalue weighted by atomic mass is 32.2. The Morgan fingerprint density at radius 2 is 2.11 bits per heavy atom. The molecule has 9 heteroatoms. The molecule has 2 aliphatic rings. The third-order valence-corrected chi connectivity index (χ3v) is 7.02. The molecule has 1 aliphatic heterocycles. The maximum absolute atomic E-state index is 13.0. The van der Waals surface area contributed by atoms with Crippen molar-refractivity contribution >= 4 is 10.0 Å². The van der Waals surface area contributed by atoms with E-state index in [9.17, 15) is 8.42 Å². The van der Waals surface area contributed by atoms with Crippen LogP contribution in [0.4, 0.5) is 0 Å². The number of ether oxygens (including phenoxy) is 2. The van der Waals surface area contributed by atoms with Gasteiger partial charge in [-0.15, -0.1) is 0 Å². The van der Waals surface area contributed by atoms with Gasteiger partial charge in [-0.3, -0.25) is 4.98 Å². The molecular weight excluding hydrogens is 368 g/mol. The molecule has 3 heterocycles. The lowest BCUT2D eigenvalue weighted by atomic mass is 10.1. The van der Waals surface area contributed by atoms with Gasteiger partial charge in [0, 0.05) is 38.8 Å². The maximum atomic E-state index is 13.0. The van der Waals surface area contributed by atoms with Crippen LogP contribution < -0.4 is 0 Å². The van der Waals surface area contributed by atoms with Crippen molar-refractivity contribution in [3.8, 4) is 0 Å². The van der Waals surface area contributed by atoms with Gasteiger partial charge in [0.25, 0.3) is 10.0 Å². The number of nitrogens with zero attached hydrogens (tertiary/aromatic N) is 4. The van der Waals surface area contributed by atoms with E-state index in [1.54, 1.807) is 34.5 Å². The van der Waals surface area contributed by atoms with Crippen molar-refractivity contribution in [2.45, 2.75) is 36.6 Å². The van der Waals surface area contributed by atoms with Gasteiger partial charge < -0.3 is 14.0 Å². The number of rotatable bonds is 6. The summed E-state index contributed by atoms with van der Waals surface area (Å²) in [6, 6.07) is 3.71. The molecule has 2 fully saturated rings. The average molecular weight is 392 g/mol. The Balaban J connectivity index is 1.40. The summed E-state index contributed by atoms with van der Waals surface area (Å²) < 4.78 is 41.0. The Bertz CT molecular complexity index is 870. The smallest absolute Gasteiger partial charge is 0.262 e. The van der Waals surface area contributed by atoms with Crippen LogP contribution in [0.2, 0.25) is 0 Å². The molecule has 3 unspecified atom stereocenters. The van der Waals surface area contributed by atoms with Gasteiger partial charge in [-0.05, 0) is 36.5 Å². The fourth-order valence-electron chi connectivity index (χ4n) is 3.92. The molecule has 3 atom stereocenters. The molecular formula is C18H24N4O4S. The van der Waals surface area contributed by atoms with Gasteiger partial charge in [0.2, 0.25) is 0 Å². The molecule has 27 heavy (non-hydrogen) atoms. The van der Waals surface area contributed by atoms with Gasteiger partial charge >= 0.3 is 0 Å². The van der Waals surface area contributed by atoms with Gasteiger partial charge in [-0.2, -0.15) is 4.31 Å². The van der Waals surface area contributed by atoms with E-state index in [-0.39, 0.29) is 23.1 Å². The van der Waals surface area contributed by atoms with E-state index in [0.717, 1.165) is 18.4 Å². The first-order valence-electron chi connectivity index (χ1n) is 9.12. The Morgan fingerprint density at radius 1 is 1.30 bits per heavy atom. The van der Waals surface area contributed by atoms with Gasteiger partial charge in [-0.1, -0.05) is 0 Å². The van der Waals surface area contributed by atoms with Crippen LogP contribution in [0.1, 0.15) is 18.4 Å². The summed E-state index contributed by atoms with van der Waals surface area (Å²) in [5, 5.41) is 0.100. The average Bonchev–Trinajstić information content (AvgIpc) is 3.28. The fourth-order valence-corrected chi connectivity index (χ4v) is 5.53. The molecule has 0 spiro atoms. The van der Waals surface area contributed by atoms with Crippen LogP contribution in [0.5, 0.6) is 0 Å². The molecule has 0 bridgehead atoms. The monoisotopic (exact) mass is 392 g/mol. The van der Waals surface area contributed by atoms with Crippen molar-refractivity contribution in [1.29, 1.82) is 0 Å². The normalized spacial score (nSPS) is 26.2. The van der Waals surface area contributed by atoms with Gasteiger partial charge in [0.05, 0.1) is 31.7 Å². The molecule has 2 aromatic rings. The van der Waals surface area contributed by atoms with E-state index >= 15 is 0 Å². The molecule has 1 saturated heterocycles. The van der Waals surface area contributed by atoms with Crippen LogP contribution >= 0.6 is 0 Å². The zero-order valence-electron chi connectivity index (χ0n) is 15.3. The van der Waals surface area contributed by atoms with Crippen molar-refractivity contribution < 1.29 is 17.9 Å². The Hall–Kier alpha value is -1.81. The second kappa shape index (κ2) is 7.67. The van der Waals surface area contributed by atoms with Crippen LogP contribution in [-0.4, -0.2) is 59.2 Å². The van der Waals surface area contributed by atoms with Crippen LogP contribution in [0.15, 0.2) is 42.1 Å². The van der Waals surface area contributed by atoms with Crippen molar-refractivity contribution in [1.82, 2.24) is 18.8 Å². The Morgan fingerprint density at radius 3 is 2.85 bits per heavy atom. The molecule has 0 radical (unpaired) electrons. The third kappa shape index (κ3) is 3.91. The number of morpholine rings is 1. The second-order valence-corrected chi connectivity index (χ2v) is 9.02. The number of pyridine rings is 1. The highest BCUT2D eigenvalue weighted by molar-refractivity contribution is 7.89. The number of hydrogen-bond donors (Lipinski definition) is 0. The van der Waals surface area contributed by atoms with E-state index < -0.39 is 10.0 Å². The molecule has 0 aromatic carbocycles. The number of imidazole rings is 1. The SMILES string of the molecule is Cn1cnc(S(=O)(=O)N2CCOC3CC(COCc4ccncc4)CC32)c1. The first-order valence-corrected chi connectivity index (χ1v) is 10.6. The van der Waals surface area contributed by atoms with Gasteiger partial charge in [0.15, 0.2) is 5.03 Å². The molecule has 2 aromatic heterocycles. The predicted molar refractivity (Wildman–Crippen MR) is 97.2 cm³/mol. The number of hydrogen-bond acceptors (Lipinski definition) is 6. The highest BCUT2D eigenvalue weighted by Gasteiger charge is 2.46. The topological polar surface area (TPSA) is 86.6 Å². The summed E-state index contributed by atoms with van der Waals surface area (Å²) >= 11 is 0. The van der Waals surface area contributed by atoms with Gasteiger partial charge in [0.1, 0.15) is 0 Å². The first kappa shape index (κ1) is 18.5. The second-order valence-electron chi connectivity index (χ2n) is 7.18. The largest absolute Gasteiger partial charge is 0.376 e. The number of sulfonamides is 1. The summed E-state index contributed by atoms with van der Waals surface area (Å²) in [5.41, 5.74) is 1.08. The van der Waals surface area contributed by atoms with Crippen LogP contribution in [0.25, 0.3) is 0 Å². The summed E-state index contributed by atoms with van der Waals surface area (Å²) in [7, 11) is -1.84. The van der Waals surface area contributed by atoms with E-state index in [0.29, 0.717) is 26.4 Å². The molecule has 146 valence electrons. The van der Waals surface area contributed by atoms with Crippen molar-refractivity contribution in [2.75, 3.05) is 19.8 Å². The summed E-state index contributed by atoms with van der Waals surface area (Å²) in [5.74, 6) is 0.279. The van der Waals surface area contributed by atoms with Crippen LogP contribution in [0.3, 0.4) is 0 Å². The Kier molecular flexibility index (Phi) is 5.27. The molecule has 8 nitrogen and oxygen atoms in total. The minimum Gasteiger partial charge on any atom is -0.376 e. The number of aromatic nitrogens is 3. The van der Waals surface area contributed by atoms with E-state index in [4.69, 9.17) is 9.47 Å². The standard InChI is InChI=1S/C18H24N4O4S/c1-21-10-18(20-13-21)27(23,24)22-6-7-26-17-9-15(8-16(17)22)12-25-11-14-2-4-19-5-3-14/h2-5,10,13,15-17H,6-9,11-12H2,1H3. The van der Waals surface area contributed by atoms with E-state index in [1.807, 2.05) is 12.1 Å². The fraction of sp³-hybridized carbons (Fsp3) is 0.556.